The summed E-state index contributed by atoms with van der Waals surface area (Å²) in [6, 6.07) is 34.9. The molecular formula is C26H29NO2Si. The van der Waals surface area contributed by atoms with Gasteiger partial charge in [0.25, 0.3) is 8.32 Å². The van der Waals surface area contributed by atoms with E-state index < -0.39 is 8.32 Å². The molecule has 1 fully saturated rings. The minimum Gasteiger partial charge on any atom is -0.454 e. The first-order valence-electron chi connectivity index (χ1n) is 10.7. The van der Waals surface area contributed by atoms with Crippen molar-refractivity contribution in [1.29, 1.82) is 0 Å². The zero-order valence-electron chi connectivity index (χ0n) is 17.3. The van der Waals surface area contributed by atoms with Gasteiger partial charge < -0.3 is 9.26 Å². The molecule has 0 amide bonds. The van der Waals surface area contributed by atoms with Crippen LogP contribution in [0.3, 0.4) is 0 Å². The van der Waals surface area contributed by atoms with Crippen molar-refractivity contribution in [3.8, 4) is 0 Å². The van der Waals surface area contributed by atoms with Gasteiger partial charge in [-0.15, -0.1) is 5.16 Å². The molecule has 1 atom stereocenters. The van der Waals surface area contributed by atoms with E-state index in [1.54, 1.807) is 0 Å². The highest BCUT2D eigenvalue weighted by Gasteiger charge is 2.39. The molecule has 3 aromatic carbocycles. The first-order valence-corrected chi connectivity index (χ1v) is 13.3. The van der Waals surface area contributed by atoms with Crippen LogP contribution in [0, 0.1) is 5.92 Å². The van der Waals surface area contributed by atoms with E-state index in [1.165, 1.54) is 16.7 Å². The zero-order chi connectivity index (χ0) is 20.5. The van der Waals surface area contributed by atoms with Crippen LogP contribution in [-0.2, 0) is 27.4 Å². The number of hydrogen-bond donors (Lipinski definition) is 0. The maximum atomic E-state index is 6.56. The van der Waals surface area contributed by atoms with Crippen molar-refractivity contribution in [2.24, 2.45) is 11.1 Å². The van der Waals surface area contributed by atoms with Gasteiger partial charge in [0.1, 0.15) is 0 Å². The Bertz CT molecular complexity index is 808. The Labute approximate surface area is 180 Å². The van der Waals surface area contributed by atoms with Crippen molar-refractivity contribution >= 4 is 14.5 Å². The zero-order valence-corrected chi connectivity index (χ0v) is 18.3. The van der Waals surface area contributed by atoms with Crippen LogP contribution in [0.15, 0.2) is 96.2 Å². The molecule has 0 aliphatic carbocycles. The second-order valence-electron chi connectivity index (χ2n) is 8.14. The molecule has 0 radical (unpaired) electrons. The monoisotopic (exact) mass is 415 g/mol. The van der Waals surface area contributed by atoms with Gasteiger partial charge in [-0.25, -0.2) is 0 Å². The quantitative estimate of drug-likeness (QED) is 0.269. The molecule has 1 unspecified atom stereocenters. The highest BCUT2D eigenvalue weighted by molar-refractivity contribution is 6.72. The van der Waals surface area contributed by atoms with Crippen LogP contribution in [0.1, 0.15) is 23.1 Å². The molecule has 0 bridgehead atoms. The number of benzene rings is 3. The van der Waals surface area contributed by atoms with Gasteiger partial charge in [0.2, 0.25) is 0 Å². The topological polar surface area (TPSA) is 30.8 Å². The van der Waals surface area contributed by atoms with E-state index in [0.29, 0.717) is 5.92 Å². The third-order valence-corrected chi connectivity index (χ3v) is 9.24. The minimum atomic E-state index is -2.33. The molecule has 4 rings (SSSR count). The smallest absolute Gasteiger partial charge is 0.300 e. The maximum absolute atomic E-state index is 6.56. The Morgan fingerprint density at radius 1 is 0.767 bits per heavy atom. The Morgan fingerprint density at radius 3 is 1.63 bits per heavy atom. The van der Waals surface area contributed by atoms with Crippen LogP contribution in [0.5, 0.6) is 0 Å². The van der Waals surface area contributed by atoms with E-state index in [1.807, 2.05) is 6.21 Å². The molecular weight excluding hydrogens is 386 g/mol. The van der Waals surface area contributed by atoms with Gasteiger partial charge in [-0.1, -0.05) is 91.0 Å². The first kappa shape index (κ1) is 20.6. The Morgan fingerprint density at radius 2 is 1.23 bits per heavy atom. The first-order chi connectivity index (χ1) is 14.8. The lowest BCUT2D eigenvalue weighted by Gasteiger charge is -2.29. The number of hydrogen-bond acceptors (Lipinski definition) is 3. The minimum absolute atomic E-state index is 0.363. The summed E-state index contributed by atoms with van der Waals surface area (Å²) in [5.41, 5.74) is 3.95. The van der Waals surface area contributed by atoms with Crippen LogP contribution in [0.4, 0.5) is 0 Å². The molecule has 0 spiro atoms. The average molecular weight is 416 g/mol. The SMILES string of the molecule is C(=NO[Si](Cc1ccccc1)(Cc1ccccc1)Cc1ccccc1)C1CCOC1. The largest absolute Gasteiger partial charge is 0.454 e. The van der Waals surface area contributed by atoms with E-state index in [0.717, 1.165) is 37.8 Å². The van der Waals surface area contributed by atoms with Gasteiger partial charge >= 0.3 is 0 Å². The highest BCUT2D eigenvalue weighted by Crippen LogP contribution is 2.24. The number of rotatable bonds is 9. The predicted octanol–water partition coefficient (Wildman–Crippen LogP) is 5.32. The van der Waals surface area contributed by atoms with Crippen LogP contribution < -0.4 is 0 Å². The fourth-order valence-electron chi connectivity index (χ4n) is 4.09. The molecule has 1 heterocycles. The predicted molar refractivity (Wildman–Crippen MR) is 125 cm³/mol. The lowest BCUT2D eigenvalue weighted by molar-refractivity contribution is 0.193. The summed E-state index contributed by atoms with van der Waals surface area (Å²) in [5.74, 6) is 0.363. The van der Waals surface area contributed by atoms with E-state index in [-0.39, 0.29) is 0 Å². The molecule has 3 aromatic rings. The van der Waals surface area contributed by atoms with Crippen molar-refractivity contribution < 1.29 is 9.26 Å². The van der Waals surface area contributed by atoms with E-state index in [4.69, 9.17) is 9.26 Å². The fourth-order valence-corrected chi connectivity index (χ4v) is 7.88. The molecule has 1 aliphatic heterocycles. The van der Waals surface area contributed by atoms with Crippen LogP contribution in [0.25, 0.3) is 0 Å². The maximum Gasteiger partial charge on any atom is 0.300 e. The summed E-state index contributed by atoms with van der Waals surface area (Å²) in [7, 11) is -2.33. The van der Waals surface area contributed by atoms with Crippen molar-refractivity contribution in [3.05, 3.63) is 108 Å². The molecule has 0 saturated carbocycles. The van der Waals surface area contributed by atoms with Crippen molar-refractivity contribution in [2.75, 3.05) is 13.2 Å². The third-order valence-electron chi connectivity index (χ3n) is 5.59. The number of nitrogens with zero attached hydrogens (tertiary/aromatic N) is 1. The van der Waals surface area contributed by atoms with Crippen molar-refractivity contribution in [1.82, 2.24) is 0 Å². The molecule has 1 aliphatic rings. The van der Waals surface area contributed by atoms with Gasteiger partial charge in [-0.2, -0.15) is 0 Å². The average Bonchev–Trinajstić information content (AvgIpc) is 3.29. The second kappa shape index (κ2) is 10.4. The van der Waals surface area contributed by atoms with Gasteiger partial charge in [-0.05, 0) is 23.1 Å². The summed E-state index contributed by atoms with van der Waals surface area (Å²) >= 11 is 0. The third kappa shape index (κ3) is 5.91. The summed E-state index contributed by atoms with van der Waals surface area (Å²) in [6.07, 6.45) is 2.99. The van der Waals surface area contributed by atoms with E-state index in [2.05, 4.69) is 96.2 Å². The second-order valence-corrected chi connectivity index (χ2v) is 11.7. The summed E-state index contributed by atoms with van der Waals surface area (Å²) in [4.78, 5) is 0. The van der Waals surface area contributed by atoms with Gasteiger partial charge in [0.05, 0.1) is 6.61 Å². The number of ether oxygens (including phenoxy) is 1. The van der Waals surface area contributed by atoms with Gasteiger partial charge in [0.15, 0.2) is 0 Å². The molecule has 4 heteroatoms. The number of oxime groups is 1. The van der Waals surface area contributed by atoms with Gasteiger partial charge in [0, 0.05) is 36.9 Å². The summed E-state index contributed by atoms with van der Waals surface area (Å²) in [6.45, 7) is 1.56. The molecule has 0 N–H and O–H groups in total. The Balaban J connectivity index is 1.65. The van der Waals surface area contributed by atoms with Gasteiger partial charge in [-0.3, -0.25) is 0 Å². The fraction of sp³-hybridized carbons (Fsp3) is 0.269. The summed E-state index contributed by atoms with van der Waals surface area (Å²) < 4.78 is 12.0. The van der Waals surface area contributed by atoms with Crippen LogP contribution in [0.2, 0.25) is 0 Å². The lowest BCUT2D eigenvalue weighted by Crippen LogP contribution is -2.46. The van der Waals surface area contributed by atoms with Crippen LogP contribution >= 0.6 is 0 Å². The van der Waals surface area contributed by atoms with Crippen molar-refractivity contribution in [2.45, 2.75) is 24.6 Å². The Hall–Kier alpha value is -2.69. The summed E-state index contributed by atoms with van der Waals surface area (Å²) in [5, 5.41) is 4.57. The highest BCUT2D eigenvalue weighted by atomic mass is 28.4. The molecule has 1 saturated heterocycles. The normalized spacial score (nSPS) is 16.7. The van der Waals surface area contributed by atoms with E-state index >= 15 is 0 Å². The molecule has 154 valence electrons. The molecule has 3 nitrogen and oxygen atoms in total. The standard InChI is InChI=1S/C26H29NO2Si/c1-4-10-23(11-5-1)20-30(21-24-12-6-2-7-13-24,22-25-14-8-3-9-15-25)29-27-18-26-16-17-28-19-26/h1-15,18,26H,16-17,19-22H2. The van der Waals surface area contributed by atoms with E-state index in [9.17, 15) is 0 Å². The Kier molecular flexibility index (Phi) is 7.11. The van der Waals surface area contributed by atoms with Crippen LogP contribution in [-0.4, -0.2) is 27.7 Å². The lowest BCUT2D eigenvalue weighted by atomic mass is 10.1. The van der Waals surface area contributed by atoms with Crippen molar-refractivity contribution in [3.63, 3.8) is 0 Å². The molecule has 0 aromatic heterocycles. The molecule has 30 heavy (non-hydrogen) atoms.